The van der Waals surface area contributed by atoms with Crippen LogP contribution < -0.4 is 10.6 Å². The van der Waals surface area contributed by atoms with E-state index < -0.39 is 6.04 Å². The number of carbonyl (C=O) groups is 2. The van der Waals surface area contributed by atoms with E-state index in [4.69, 9.17) is 9.15 Å². The van der Waals surface area contributed by atoms with Crippen LogP contribution in [0.15, 0.2) is 28.7 Å². The zero-order valence-corrected chi connectivity index (χ0v) is 13.1. The number of para-hydroxylation sites is 1. The largest absolute Gasteiger partial charge is 0.451 e. The molecule has 2 amide bonds. The van der Waals surface area contributed by atoms with Gasteiger partial charge in [0.05, 0.1) is 6.61 Å². The molecule has 1 fully saturated rings. The second-order valence-corrected chi connectivity index (χ2v) is 5.65. The van der Waals surface area contributed by atoms with Gasteiger partial charge >= 0.3 is 0 Å². The first-order chi connectivity index (χ1) is 11.2. The van der Waals surface area contributed by atoms with Crippen LogP contribution in [0.2, 0.25) is 0 Å². The maximum atomic E-state index is 12.6. The first-order valence-electron chi connectivity index (χ1n) is 7.78. The molecule has 0 saturated carbocycles. The number of nitrogens with one attached hydrogen (secondary N) is 2. The third kappa shape index (κ3) is 3.22. The van der Waals surface area contributed by atoms with Crippen molar-refractivity contribution in [1.29, 1.82) is 0 Å². The highest BCUT2D eigenvalue weighted by molar-refractivity contribution is 6.01. The molecule has 3 rings (SSSR count). The van der Waals surface area contributed by atoms with Gasteiger partial charge in [-0.3, -0.25) is 9.59 Å². The Kier molecular flexibility index (Phi) is 4.62. The van der Waals surface area contributed by atoms with Gasteiger partial charge in [0.25, 0.3) is 5.91 Å². The van der Waals surface area contributed by atoms with Gasteiger partial charge in [0.1, 0.15) is 11.6 Å². The van der Waals surface area contributed by atoms with Crippen molar-refractivity contribution in [1.82, 2.24) is 10.6 Å². The number of methoxy groups -OCH3 is 1. The number of amides is 2. The highest BCUT2D eigenvalue weighted by Crippen LogP contribution is 2.26. The number of hydrogen-bond donors (Lipinski definition) is 2. The fourth-order valence-corrected chi connectivity index (χ4v) is 2.87. The minimum absolute atomic E-state index is 0.139. The van der Waals surface area contributed by atoms with E-state index in [1.54, 1.807) is 7.11 Å². The van der Waals surface area contributed by atoms with E-state index in [-0.39, 0.29) is 24.2 Å². The molecule has 0 radical (unpaired) electrons. The molecule has 2 N–H and O–H groups in total. The van der Waals surface area contributed by atoms with Crippen LogP contribution in [0.25, 0.3) is 11.0 Å². The molecule has 0 unspecified atom stereocenters. The summed E-state index contributed by atoms with van der Waals surface area (Å²) in [6, 6.07) is 6.92. The number of benzene rings is 1. The van der Waals surface area contributed by atoms with Crippen molar-refractivity contribution < 1.29 is 18.7 Å². The third-order valence-corrected chi connectivity index (χ3v) is 4.03. The summed E-state index contributed by atoms with van der Waals surface area (Å²) >= 11 is 0. The Balaban J connectivity index is 1.87. The van der Waals surface area contributed by atoms with Crippen molar-refractivity contribution in [2.24, 2.45) is 0 Å². The minimum Gasteiger partial charge on any atom is -0.451 e. The zero-order valence-electron chi connectivity index (χ0n) is 13.1. The van der Waals surface area contributed by atoms with Crippen molar-refractivity contribution >= 4 is 22.8 Å². The topological polar surface area (TPSA) is 80.6 Å². The van der Waals surface area contributed by atoms with E-state index in [2.05, 4.69) is 10.6 Å². The van der Waals surface area contributed by atoms with E-state index in [9.17, 15) is 9.59 Å². The van der Waals surface area contributed by atoms with Crippen LogP contribution in [-0.4, -0.2) is 31.5 Å². The number of ether oxygens (including phenoxy) is 1. The van der Waals surface area contributed by atoms with Gasteiger partial charge in [-0.2, -0.15) is 0 Å². The van der Waals surface area contributed by atoms with Gasteiger partial charge in [-0.15, -0.1) is 0 Å². The average molecular weight is 316 g/mol. The predicted octanol–water partition coefficient (Wildman–Crippen LogP) is 1.98. The quantitative estimate of drug-likeness (QED) is 0.904. The smallest absolute Gasteiger partial charge is 0.288 e. The van der Waals surface area contributed by atoms with Crippen molar-refractivity contribution in [3.63, 3.8) is 0 Å². The number of rotatable bonds is 4. The standard InChI is InChI=1S/C17H20N2O4/c1-22-10-12-11-6-2-3-8-14(11)23-15(12)17(21)19-13-7-4-5-9-18-16(13)20/h2-3,6,8,13H,4-5,7,9-10H2,1H3,(H,18,20)(H,19,21)/t13-/m1/s1. The SMILES string of the molecule is COCc1c(C(=O)N[C@@H]2CCCCNC2=O)oc2ccccc12. The normalized spacial score (nSPS) is 18.5. The van der Waals surface area contributed by atoms with Crippen LogP contribution >= 0.6 is 0 Å². The number of furan rings is 1. The van der Waals surface area contributed by atoms with Gasteiger partial charge in [-0.25, -0.2) is 0 Å². The van der Waals surface area contributed by atoms with Crippen molar-refractivity contribution in [3.05, 3.63) is 35.6 Å². The Labute approximate surface area is 134 Å². The van der Waals surface area contributed by atoms with Crippen LogP contribution in [0.1, 0.15) is 35.4 Å². The maximum Gasteiger partial charge on any atom is 0.288 e. The summed E-state index contributed by atoms with van der Waals surface area (Å²) in [5.41, 5.74) is 1.34. The van der Waals surface area contributed by atoms with Gasteiger partial charge in [-0.05, 0) is 25.3 Å². The van der Waals surface area contributed by atoms with Gasteiger partial charge in [0, 0.05) is 24.6 Å². The minimum atomic E-state index is -0.520. The lowest BCUT2D eigenvalue weighted by Gasteiger charge is -2.14. The molecule has 0 spiro atoms. The van der Waals surface area contributed by atoms with Crippen LogP contribution in [0.4, 0.5) is 0 Å². The summed E-state index contributed by atoms with van der Waals surface area (Å²) < 4.78 is 10.9. The Morgan fingerprint density at radius 2 is 2.22 bits per heavy atom. The summed E-state index contributed by atoms with van der Waals surface area (Å²) in [7, 11) is 1.57. The molecule has 1 aliphatic heterocycles. The lowest BCUT2D eigenvalue weighted by molar-refractivity contribution is -0.122. The van der Waals surface area contributed by atoms with E-state index >= 15 is 0 Å². The summed E-state index contributed by atoms with van der Waals surface area (Å²) in [4.78, 5) is 24.6. The highest BCUT2D eigenvalue weighted by atomic mass is 16.5. The van der Waals surface area contributed by atoms with E-state index in [1.807, 2.05) is 24.3 Å². The molecule has 23 heavy (non-hydrogen) atoms. The van der Waals surface area contributed by atoms with Gasteiger partial charge in [0.15, 0.2) is 5.76 Å². The van der Waals surface area contributed by atoms with E-state index in [0.717, 1.165) is 18.2 Å². The molecule has 1 saturated heterocycles. The fraction of sp³-hybridized carbons (Fsp3) is 0.412. The van der Waals surface area contributed by atoms with E-state index in [0.29, 0.717) is 24.1 Å². The second-order valence-electron chi connectivity index (χ2n) is 5.65. The fourth-order valence-electron chi connectivity index (χ4n) is 2.87. The maximum absolute atomic E-state index is 12.6. The first kappa shape index (κ1) is 15.6. The molecule has 2 aromatic rings. The Hall–Kier alpha value is -2.34. The Morgan fingerprint density at radius 1 is 1.39 bits per heavy atom. The second kappa shape index (κ2) is 6.83. The summed E-state index contributed by atoms with van der Waals surface area (Å²) in [6.45, 7) is 0.932. The molecular formula is C17H20N2O4. The third-order valence-electron chi connectivity index (χ3n) is 4.03. The van der Waals surface area contributed by atoms with Crippen molar-refractivity contribution in [3.8, 4) is 0 Å². The summed E-state index contributed by atoms with van der Waals surface area (Å²) in [6.07, 6.45) is 2.46. The number of hydrogen-bond acceptors (Lipinski definition) is 4. The van der Waals surface area contributed by atoms with Crippen molar-refractivity contribution in [2.75, 3.05) is 13.7 Å². The van der Waals surface area contributed by atoms with Gasteiger partial charge in [0.2, 0.25) is 5.91 Å². The molecule has 122 valence electrons. The monoisotopic (exact) mass is 316 g/mol. The van der Waals surface area contributed by atoms with Crippen LogP contribution in [0.5, 0.6) is 0 Å². The number of carbonyl (C=O) groups excluding carboxylic acids is 2. The lowest BCUT2D eigenvalue weighted by Crippen LogP contribution is -2.45. The molecule has 1 aromatic heterocycles. The van der Waals surface area contributed by atoms with Crippen LogP contribution in [-0.2, 0) is 16.1 Å². The Bertz CT molecular complexity index is 722. The zero-order chi connectivity index (χ0) is 16.2. The summed E-state index contributed by atoms with van der Waals surface area (Å²) in [5.74, 6) is -0.305. The molecule has 1 aromatic carbocycles. The molecule has 1 atom stereocenters. The van der Waals surface area contributed by atoms with Crippen LogP contribution in [0.3, 0.4) is 0 Å². The van der Waals surface area contributed by atoms with Crippen molar-refractivity contribution in [2.45, 2.75) is 31.9 Å². The van der Waals surface area contributed by atoms with Gasteiger partial charge < -0.3 is 19.8 Å². The van der Waals surface area contributed by atoms with Crippen LogP contribution in [0, 0.1) is 0 Å². The molecule has 6 nitrogen and oxygen atoms in total. The summed E-state index contributed by atoms with van der Waals surface area (Å²) in [5, 5.41) is 6.44. The lowest BCUT2D eigenvalue weighted by atomic mass is 10.1. The molecule has 0 aliphatic carbocycles. The molecule has 0 bridgehead atoms. The molecule has 2 heterocycles. The molecule has 1 aliphatic rings. The Morgan fingerprint density at radius 3 is 3.04 bits per heavy atom. The van der Waals surface area contributed by atoms with E-state index in [1.165, 1.54) is 0 Å². The average Bonchev–Trinajstić information content (AvgIpc) is 2.80. The predicted molar refractivity (Wildman–Crippen MR) is 85.0 cm³/mol. The molecule has 6 heteroatoms. The highest BCUT2D eigenvalue weighted by Gasteiger charge is 2.26. The molecular weight excluding hydrogens is 296 g/mol. The van der Waals surface area contributed by atoms with Gasteiger partial charge in [-0.1, -0.05) is 18.2 Å². The number of fused-ring (bicyclic) bond motifs is 1. The first-order valence-corrected chi connectivity index (χ1v) is 7.78.